The summed E-state index contributed by atoms with van der Waals surface area (Å²) in [4.78, 5) is 2.08. The van der Waals surface area contributed by atoms with E-state index in [0.29, 0.717) is 5.69 Å². The number of rotatable bonds is 5. The number of halogens is 1. The Labute approximate surface area is 121 Å². The minimum absolute atomic E-state index is 0.137. The van der Waals surface area contributed by atoms with Crippen LogP contribution in [0.25, 0.3) is 0 Å². The van der Waals surface area contributed by atoms with E-state index in [4.69, 9.17) is 4.74 Å². The Hall–Kier alpha value is -1.13. The van der Waals surface area contributed by atoms with E-state index in [2.05, 4.69) is 17.1 Å². The van der Waals surface area contributed by atoms with Gasteiger partial charge in [-0.25, -0.2) is 4.39 Å². The normalized spacial score (nSPS) is 23.1. The lowest BCUT2D eigenvalue weighted by atomic mass is 10.1. The summed E-state index contributed by atoms with van der Waals surface area (Å²) in [6.07, 6.45) is 1.37. The molecule has 1 heterocycles. The Morgan fingerprint density at radius 3 is 2.60 bits per heavy atom. The molecule has 20 heavy (non-hydrogen) atoms. The van der Waals surface area contributed by atoms with Crippen molar-refractivity contribution in [3.05, 3.63) is 29.6 Å². The Morgan fingerprint density at radius 1 is 1.30 bits per heavy atom. The van der Waals surface area contributed by atoms with Crippen molar-refractivity contribution in [2.45, 2.75) is 45.9 Å². The van der Waals surface area contributed by atoms with Crippen molar-refractivity contribution in [1.82, 2.24) is 5.32 Å². The van der Waals surface area contributed by atoms with Crippen LogP contribution in [0.4, 0.5) is 10.1 Å². The number of anilines is 1. The summed E-state index contributed by atoms with van der Waals surface area (Å²) in [5, 5.41) is 3.29. The first-order valence-corrected chi connectivity index (χ1v) is 7.49. The van der Waals surface area contributed by atoms with E-state index < -0.39 is 0 Å². The van der Waals surface area contributed by atoms with E-state index in [1.54, 1.807) is 6.07 Å². The molecule has 0 aromatic heterocycles. The van der Waals surface area contributed by atoms with Gasteiger partial charge in [-0.15, -0.1) is 0 Å². The van der Waals surface area contributed by atoms with E-state index in [1.165, 1.54) is 0 Å². The zero-order valence-electron chi connectivity index (χ0n) is 12.7. The second-order valence-corrected chi connectivity index (χ2v) is 5.62. The van der Waals surface area contributed by atoms with Crippen LogP contribution in [0.3, 0.4) is 0 Å². The van der Waals surface area contributed by atoms with Gasteiger partial charge in [0, 0.05) is 19.6 Å². The number of nitrogens with zero attached hydrogens (tertiary/aromatic N) is 1. The third-order valence-corrected chi connectivity index (χ3v) is 3.53. The molecule has 2 atom stereocenters. The molecule has 1 saturated heterocycles. The molecule has 1 aliphatic heterocycles. The summed E-state index contributed by atoms with van der Waals surface area (Å²) in [6, 6.07) is 5.54. The second-order valence-electron chi connectivity index (χ2n) is 5.62. The summed E-state index contributed by atoms with van der Waals surface area (Å²) in [7, 11) is 0. The first-order valence-electron chi connectivity index (χ1n) is 7.49. The van der Waals surface area contributed by atoms with Crippen LogP contribution in [0, 0.1) is 5.82 Å². The number of ether oxygens (including phenoxy) is 1. The zero-order valence-corrected chi connectivity index (χ0v) is 12.7. The summed E-state index contributed by atoms with van der Waals surface area (Å²) >= 11 is 0. The van der Waals surface area contributed by atoms with Gasteiger partial charge in [0.05, 0.1) is 17.9 Å². The monoisotopic (exact) mass is 280 g/mol. The summed E-state index contributed by atoms with van der Waals surface area (Å²) in [5.74, 6) is -0.137. The lowest BCUT2D eigenvalue weighted by molar-refractivity contribution is -0.00539. The lowest BCUT2D eigenvalue weighted by Gasteiger charge is -2.37. The molecular formula is C16H25FN2O. The Kier molecular flexibility index (Phi) is 5.38. The van der Waals surface area contributed by atoms with Gasteiger partial charge in [-0.1, -0.05) is 13.0 Å². The molecular weight excluding hydrogens is 255 g/mol. The highest BCUT2D eigenvalue weighted by atomic mass is 19.1. The van der Waals surface area contributed by atoms with Crippen molar-refractivity contribution in [2.75, 3.05) is 24.5 Å². The van der Waals surface area contributed by atoms with E-state index in [-0.39, 0.29) is 18.0 Å². The SMILES string of the molecule is CCCNCc1ccc(N2CC(C)OC(C)C2)c(F)c1. The van der Waals surface area contributed by atoms with Crippen LogP contribution in [-0.2, 0) is 11.3 Å². The molecule has 1 N–H and O–H groups in total. The number of hydrogen-bond acceptors (Lipinski definition) is 3. The van der Waals surface area contributed by atoms with Gasteiger partial charge in [0.25, 0.3) is 0 Å². The smallest absolute Gasteiger partial charge is 0.146 e. The van der Waals surface area contributed by atoms with Crippen molar-refractivity contribution in [3.8, 4) is 0 Å². The van der Waals surface area contributed by atoms with Crippen LogP contribution in [0.5, 0.6) is 0 Å². The zero-order chi connectivity index (χ0) is 14.5. The molecule has 1 aromatic carbocycles. The topological polar surface area (TPSA) is 24.5 Å². The van der Waals surface area contributed by atoms with Gasteiger partial charge < -0.3 is 15.0 Å². The van der Waals surface area contributed by atoms with Gasteiger partial charge in [0.2, 0.25) is 0 Å². The molecule has 0 spiro atoms. The first-order chi connectivity index (χ1) is 9.60. The van der Waals surface area contributed by atoms with Gasteiger partial charge in [-0.3, -0.25) is 0 Å². The minimum atomic E-state index is -0.137. The van der Waals surface area contributed by atoms with Gasteiger partial charge >= 0.3 is 0 Å². The van der Waals surface area contributed by atoms with Crippen LogP contribution in [0.15, 0.2) is 18.2 Å². The average Bonchev–Trinajstić information content (AvgIpc) is 2.38. The maximum atomic E-state index is 14.3. The van der Waals surface area contributed by atoms with Crippen LogP contribution in [0.2, 0.25) is 0 Å². The molecule has 0 radical (unpaired) electrons. The molecule has 0 amide bonds. The fraction of sp³-hybridized carbons (Fsp3) is 0.625. The molecule has 1 aliphatic rings. The summed E-state index contributed by atoms with van der Waals surface area (Å²) < 4.78 is 20.0. The second kappa shape index (κ2) is 7.04. The number of benzene rings is 1. The highest BCUT2D eigenvalue weighted by molar-refractivity contribution is 5.49. The third kappa shape index (κ3) is 3.93. The van der Waals surface area contributed by atoms with Crippen molar-refractivity contribution in [3.63, 3.8) is 0 Å². The van der Waals surface area contributed by atoms with E-state index in [9.17, 15) is 4.39 Å². The fourth-order valence-corrected chi connectivity index (χ4v) is 2.70. The molecule has 2 unspecified atom stereocenters. The average molecular weight is 280 g/mol. The van der Waals surface area contributed by atoms with Crippen LogP contribution in [0.1, 0.15) is 32.8 Å². The van der Waals surface area contributed by atoms with Gasteiger partial charge in [0.1, 0.15) is 5.82 Å². The number of nitrogens with one attached hydrogen (secondary N) is 1. The maximum absolute atomic E-state index is 14.3. The van der Waals surface area contributed by atoms with Crippen molar-refractivity contribution in [1.29, 1.82) is 0 Å². The molecule has 0 saturated carbocycles. The molecule has 4 heteroatoms. The Bertz CT molecular complexity index is 428. The van der Waals surface area contributed by atoms with Crippen molar-refractivity contribution >= 4 is 5.69 Å². The van der Waals surface area contributed by atoms with Crippen molar-refractivity contribution < 1.29 is 9.13 Å². The predicted molar refractivity (Wildman–Crippen MR) is 80.6 cm³/mol. The van der Waals surface area contributed by atoms with Gasteiger partial charge in [-0.2, -0.15) is 0 Å². The molecule has 112 valence electrons. The van der Waals surface area contributed by atoms with Crippen LogP contribution in [-0.4, -0.2) is 31.8 Å². The first kappa shape index (κ1) is 15.3. The van der Waals surface area contributed by atoms with E-state index in [1.807, 2.05) is 26.0 Å². The molecule has 0 bridgehead atoms. The fourth-order valence-electron chi connectivity index (χ4n) is 2.70. The molecule has 0 aliphatic carbocycles. The van der Waals surface area contributed by atoms with Gasteiger partial charge in [0.15, 0.2) is 0 Å². The lowest BCUT2D eigenvalue weighted by Crippen LogP contribution is -2.45. The van der Waals surface area contributed by atoms with E-state index in [0.717, 1.165) is 38.2 Å². The molecule has 1 fully saturated rings. The minimum Gasteiger partial charge on any atom is -0.372 e. The molecule has 1 aromatic rings. The Balaban J connectivity index is 2.05. The van der Waals surface area contributed by atoms with Crippen LogP contribution < -0.4 is 10.2 Å². The third-order valence-electron chi connectivity index (χ3n) is 3.53. The molecule has 3 nitrogen and oxygen atoms in total. The maximum Gasteiger partial charge on any atom is 0.146 e. The summed E-state index contributed by atoms with van der Waals surface area (Å²) in [6.45, 7) is 9.36. The highest BCUT2D eigenvalue weighted by Crippen LogP contribution is 2.24. The number of hydrogen-bond donors (Lipinski definition) is 1. The quantitative estimate of drug-likeness (QED) is 0.839. The Morgan fingerprint density at radius 2 is 2.00 bits per heavy atom. The van der Waals surface area contributed by atoms with Crippen molar-refractivity contribution in [2.24, 2.45) is 0 Å². The standard InChI is InChI=1S/C16H25FN2O/c1-4-7-18-9-14-5-6-16(15(17)8-14)19-10-12(2)20-13(3)11-19/h5-6,8,12-13,18H,4,7,9-11H2,1-3H3. The van der Waals surface area contributed by atoms with Gasteiger partial charge in [-0.05, 0) is 44.5 Å². The van der Waals surface area contributed by atoms with Crippen LogP contribution >= 0.6 is 0 Å². The molecule has 2 rings (SSSR count). The largest absolute Gasteiger partial charge is 0.372 e. The highest BCUT2D eigenvalue weighted by Gasteiger charge is 2.24. The predicted octanol–water partition coefficient (Wildman–Crippen LogP) is 2.94. The summed E-state index contributed by atoms with van der Waals surface area (Å²) in [5.41, 5.74) is 1.68. The number of morpholine rings is 1. The van der Waals surface area contributed by atoms with E-state index >= 15 is 0 Å².